The predicted molar refractivity (Wildman–Crippen MR) is 83.0 cm³/mol. The summed E-state index contributed by atoms with van der Waals surface area (Å²) in [6, 6.07) is 6.09. The Bertz CT molecular complexity index is 571. The van der Waals surface area contributed by atoms with Crippen LogP contribution in [0.15, 0.2) is 24.3 Å². The first-order valence-corrected chi connectivity index (χ1v) is 8.17. The number of amides is 1. The molecular weight excluding hydrogens is 330 g/mol. The number of fused-ring (bicyclic) bond motifs is 1. The Hall–Kier alpha value is -0.830. The van der Waals surface area contributed by atoms with Gasteiger partial charge in [0, 0.05) is 10.7 Å². The van der Waals surface area contributed by atoms with Crippen molar-refractivity contribution in [2.24, 2.45) is 0 Å². The molecule has 6 atom stereocenters. The van der Waals surface area contributed by atoms with Crippen LogP contribution in [0.3, 0.4) is 0 Å². The SMILES string of the molecule is O=C1[C@@H]2S[C@H]([C@@H](O)CO)[C@@H](O)[C@H](O)[C@@H]2N1c1ccc(Cl)cc1. The molecule has 1 aromatic carbocycles. The molecule has 0 bridgehead atoms. The van der Waals surface area contributed by atoms with Crippen molar-refractivity contribution in [2.45, 2.75) is 34.9 Å². The molecule has 120 valence electrons. The Kier molecular flexibility index (Phi) is 4.37. The average molecular weight is 346 g/mol. The minimum atomic E-state index is -1.23. The van der Waals surface area contributed by atoms with E-state index >= 15 is 0 Å². The lowest BCUT2D eigenvalue weighted by Gasteiger charge is -2.54. The molecule has 2 heterocycles. The van der Waals surface area contributed by atoms with Gasteiger partial charge in [0.15, 0.2) is 0 Å². The molecule has 0 spiro atoms. The van der Waals surface area contributed by atoms with Crippen LogP contribution >= 0.6 is 23.4 Å². The first kappa shape index (κ1) is 16.0. The van der Waals surface area contributed by atoms with Crippen LogP contribution in [0.5, 0.6) is 0 Å². The zero-order valence-electron chi connectivity index (χ0n) is 11.4. The first-order valence-electron chi connectivity index (χ1n) is 6.85. The number of thioether (sulfide) groups is 1. The fraction of sp³-hybridized carbons (Fsp3) is 0.500. The molecule has 0 aromatic heterocycles. The summed E-state index contributed by atoms with van der Waals surface area (Å²) in [5.74, 6) is -0.196. The minimum absolute atomic E-state index is 0.196. The van der Waals surface area contributed by atoms with E-state index in [4.69, 9.17) is 16.7 Å². The van der Waals surface area contributed by atoms with Gasteiger partial charge in [-0.2, -0.15) is 0 Å². The first-order chi connectivity index (χ1) is 10.5. The molecule has 1 amide bonds. The van der Waals surface area contributed by atoms with Gasteiger partial charge in [0.25, 0.3) is 0 Å². The minimum Gasteiger partial charge on any atom is -0.394 e. The summed E-state index contributed by atoms with van der Waals surface area (Å²) < 4.78 is 0. The van der Waals surface area contributed by atoms with Crippen molar-refractivity contribution in [2.75, 3.05) is 11.5 Å². The highest BCUT2D eigenvalue weighted by molar-refractivity contribution is 8.01. The Labute approximate surface area is 136 Å². The molecule has 6 nitrogen and oxygen atoms in total. The van der Waals surface area contributed by atoms with Gasteiger partial charge in [0.2, 0.25) is 5.91 Å². The third kappa shape index (κ3) is 2.42. The van der Waals surface area contributed by atoms with Crippen molar-refractivity contribution in [3.8, 4) is 0 Å². The number of anilines is 1. The van der Waals surface area contributed by atoms with Gasteiger partial charge in [0.1, 0.15) is 11.4 Å². The van der Waals surface area contributed by atoms with E-state index < -0.39 is 41.5 Å². The highest BCUT2D eigenvalue weighted by Gasteiger charge is 2.59. The third-order valence-electron chi connectivity index (χ3n) is 4.10. The molecular formula is C14H16ClNO5S. The van der Waals surface area contributed by atoms with Crippen molar-refractivity contribution >= 4 is 35.0 Å². The van der Waals surface area contributed by atoms with Gasteiger partial charge in [-0.25, -0.2) is 0 Å². The van der Waals surface area contributed by atoms with Crippen LogP contribution in [-0.4, -0.2) is 67.8 Å². The lowest BCUT2D eigenvalue weighted by Crippen LogP contribution is -2.74. The maximum atomic E-state index is 12.3. The lowest BCUT2D eigenvalue weighted by molar-refractivity contribution is -0.129. The third-order valence-corrected chi connectivity index (χ3v) is 6.03. The van der Waals surface area contributed by atoms with Gasteiger partial charge in [-0.15, -0.1) is 11.8 Å². The van der Waals surface area contributed by atoms with Crippen LogP contribution in [0.2, 0.25) is 5.02 Å². The molecule has 2 saturated heterocycles. The molecule has 0 unspecified atom stereocenters. The van der Waals surface area contributed by atoms with Gasteiger partial charge in [-0.1, -0.05) is 11.6 Å². The number of carbonyl (C=O) groups is 1. The fourth-order valence-electron chi connectivity index (χ4n) is 2.92. The molecule has 22 heavy (non-hydrogen) atoms. The normalized spacial score (nSPS) is 35.8. The number of nitrogens with zero attached hydrogens (tertiary/aromatic N) is 1. The molecule has 2 aliphatic rings. The Morgan fingerprint density at radius 2 is 1.86 bits per heavy atom. The summed E-state index contributed by atoms with van der Waals surface area (Å²) in [5.41, 5.74) is 0.601. The monoisotopic (exact) mass is 345 g/mol. The molecule has 0 saturated carbocycles. The second-order valence-corrected chi connectivity index (χ2v) is 7.19. The number of rotatable bonds is 3. The van der Waals surface area contributed by atoms with E-state index in [-0.39, 0.29) is 5.91 Å². The van der Waals surface area contributed by atoms with Crippen LogP contribution in [0.25, 0.3) is 0 Å². The summed E-state index contributed by atoms with van der Waals surface area (Å²) in [7, 11) is 0. The van der Waals surface area contributed by atoms with Gasteiger partial charge >= 0.3 is 0 Å². The van der Waals surface area contributed by atoms with E-state index in [1.807, 2.05) is 0 Å². The highest BCUT2D eigenvalue weighted by atomic mass is 35.5. The van der Waals surface area contributed by atoms with Crippen LogP contribution in [-0.2, 0) is 4.79 Å². The van der Waals surface area contributed by atoms with E-state index in [1.54, 1.807) is 24.3 Å². The van der Waals surface area contributed by atoms with Crippen molar-refractivity contribution in [1.82, 2.24) is 0 Å². The maximum absolute atomic E-state index is 12.3. The largest absolute Gasteiger partial charge is 0.394 e. The maximum Gasteiger partial charge on any atom is 0.242 e. The van der Waals surface area contributed by atoms with E-state index in [1.165, 1.54) is 4.90 Å². The Morgan fingerprint density at radius 1 is 1.23 bits per heavy atom. The number of benzene rings is 1. The van der Waals surface area contributed by atoms with Crippen molar-refractivity contribution in [1.29, 1.82) is 0 Å². The second kappa shape index (κ2) is 5.99. The highest BCUT2D eigenvalue weighted by Crippen LogP contribution is 2.45. The van der Waals surface area contributed by atoms with Gasteiger partial charge in [-0.3, -0.25) is 4.79 Å². The molecule has 3 rings (SSSR count). The van der Waals surface area contributed by atoms with E-state index in [9.17, 15) is 20.1 Å². The number of β-lactam (4-membered cyclic amide) rings is 1. The Morgan fingerprint density at radius 3 is 2.45 bits per heavy atom. The summed E-state index contributed by atoms with van der Waals surface area (Å²) >= 11 is 6.92. The van der Waals surface area contributed by atoms with E-state index in [0.29, 0.717) is 10.7 Å². The molecule has 0 aliphatic carbocycles. The number of hydrogen-bond donors (Lipinski definition) is 4. The number of aliphatic hydroxyl groups is 4. The van der Waals surface area contributed by atoms with Crippen LogP contribution in [0, 0.1) is 0 Å². The van der Waals surface area contributed by atoms with E-state index in [2.05, 4.69) is 0 Å². The molecule has 2 aliphatic heterocycles. The number of hydrogen-bond acceptors (Lipinski definition) is 6. The second-order valence-electron chi connectivity index (χ2n) is 5.43. The lowest BCUT2D eigenvalue weighted by atomic mass is 9.88. The molecule has 0 radical (unpaired) electrons. The molecule has 2 fully saturated rings. The van der Waals surface area contributed by atoms with Crippen LogP contribution in [0.1, 0.15) is 0 Å². The van der Waals surface area contributed by atoms with Crippen molar-refractivity contribution in [3.63, 3.8) is 0 Å². The fourth-order valence-corrected chi connectivity index (χ4v) is 4.65. The van der Waals surface area contributed by atoms with E-state index in [0.717, 1.165) is 11.8 Å². The summed E-state index contributed by atoms with van der Waals surface area (Å²) in [4.78, 5) is 13.8. The predicted octanol–water partition coefficient (Wildman–Crippen LogP) is -0.386. The molecule has 1 aromatic rings. The molecule has 8 heteroatoms. The Balaban J connectivity index is 1.83. The smallest absolute Gasteiger partial charge is 0.242 e. The van der Waals surface area contributed by atoms with Crippen molar-refractivity contribution < 1.29 is 25.2 Å². The van der Waals surface area contributed by atoms with Crippen LogP contribution in [0.4, 0.5) is 5.69 Å². The zero-order chi connectivity index (χ0) is 16.0. The number of carbonyl (C=O) groups excluding carboxylic acids is 1. The summed E-state index contributed by atoms with van der Waals surface area (Å²) in [5, 5.41) is 38.4. The van der Waals surface area contributed by atoms with Gasteiger partial charge in [0.05, 0.1) is 30.1 Å². The zero-order valence-corrected chi connectivity index (χ0v) is 13.0. The summed E-state index contributed by atoms with van der Waals surface area (Å²) in [6.45, 7) is -0.534. The number of aliphatic hydroxyl groups excluding tert-OH is 4. The van der Waals surface area contributed by atoms with Crippen molar-refractivity contribution in [3.05, 3.63) is 29.3 Å². The topological polar surface area (TPSA) is 101 Å². The summed E-state index contributed by atoms with van der Waals surface area (Å²) in [6.07, 6.45) is -3.60. The van der Waals surface area contributed by atoms with Gasteiger partial charge in [-0.05, 0) is 24.3 Å². The van der Waals surface area contributed by atoms with Gasteiger partial charge < -0.3 is 25.3 Å². The standard InChI is InChI=1S/C14H16ClNO5S/c15-6-1-3-7(4-2-6)16-9-10(19)11(20)12(8(18)5-17)22-13(9)14(16)21/h1-4,8-13,17-20H,5H2/t8-,9-,10+,11-,12+,13+/m0/s1. The van der Waals surface area contributed by atoms with Crippen LogP contribution < -0.4 is 4.90 Å². The number of halogens is 1. The quantitative estimate of drug-likeness (QED) is 0.557. The average Bonchev–Trinajstić information content (AvgIpc) is 2.52. The molecule has 4 N–H and O–H groups in total.